The average molecular weight is 670 g/mol. The minimum Gasteiger partial charge on any atom is -0.550 e. The Labute approximate surface area is 315 Å². The number of carbonyl (C=O) groups excluding carboxylic acids is 1. The van der Waals surface area contributed by atoms with Gasteiger partial charge in [-0.2, -0.15) is 0 Å². The van der Waals surface area contributed by atoms with Gasteiger partial charge in [-0.3, -0.25) is 0 Å². The third kappa shape index (κ3) is 38.8. The third-order valence-corrected chi connectivity index (χ3v) is 10.6. The first kappa shape index (κ1) is 50.1. The molecule has 0 fully saturated rings. The first-order chi connectivity index (χ1) is 23.2. The van der Waals surface area contributed by atoms with E-state index in [1.807, 2.05) is 0 Å². The van der Waals surface area contributed by atoms with E-state index < -0.39 is 5.97 Å². The van der Waals surface area contributed by atoms with Crippen LogP contribution in [0.5, 0.6) is 0 Å². The number of carboxylic acid groups (broad SMARTS) is 1. The molecule has 0 spiro atoms. The zero-order chi connectivity index (χ0) is 34.3. The molecule has 0 saturated carbocycles. The molecule has 0 bridgehead atoms. The molecule has 1 atom stereocenters. The molecule has 0 aliphatic heterocycles. The van der Waals surface area contributed by atoms with E-state index in [4.69, 9.17) is 0 Å². The fourth-order valence-electron chi connectivity index (χ4n) is 7.50. The summed E-state index contributed by atoms with van der Waals surface area (Å²) in [7, 11) is 0. The van der Waals surface area contributed by atoms with Crippen LogP contribution in [-0.2, 0) is 4.79 Å². The van der Waals surface area contributed by atoms with Gasteiger partial charge in [0.25, 0.3) is 0 Å². The van der Waals surface area contributed by atoms with Crippen molar-refractivity contribution in [3.05, 3.63) is 0 Å². The molecule has 0 amide bonds. The van der Waals surface area contributed by atoms with Crippen molar-refractivity contribution >= 4 is 5.97 Å². The second kappa shape index (κ2) is 43.2. The maximum Gasteiger partial charge on any atom is 1.00 e. The second-order valence-corrected chi connectivity index (χ2v) is 15.4. The van der Waals surface area contributed by atoms with Gasteiger partial charge in [-0.25, -0.2) is 0 Å². The van der Waals surface area contributed by atoms with Gasteiger partial charge < -0.3 is 14.8 Å². The van der Waals surface area contributed by atoms with E-state index in [9.17, 15) is 9.90 Å². The number of aliphatic carboxylic acids is 1. The van der Waals surface area contributed by atoms with Crippen molar-refractivity contribution in [3.63, 3.8) is 0 Å². The molecule has 282 valence electrons. The van der Waals surface area contributed by atoms with Crippen LogP contribution in [0.25, 0.3) is 0 Å². The second-order valence-electron chi connectivity index (χ2n) is 15.4. The van der Waals surface area contributed by atoms with Crippen LogP contribution >= 0.6 is 0 Å². The molecule has 0 saturated heterocycles. The van der Waals surface area contributed by atoms with Crippen LogP contribution < -0.4 is 24.0 Å². The van der Waals surface area contributed by atoms with Crippen molar-refractivity contribution in [2.45, 2.75) is 264 Å². The largest absolute Gasteiger partial charge is 1.00 e. The van der Waals surface area contributed by atoms with E-state index in [0.717, 1.165) is 25.9 Å². The summed E-state index contributed by atoms with van der Waals surface area (Å²) in [6, 6.07) is 0.159. The van der Waals surface area contributed by atoms with Crippen LogP contribution in [0, 0.1) is 0 Å². The summed E-state index contributed by atoms with van der Waals surface area (Å²) < 4.78 is 0. The van der Waals surface area contributed by atoms with Gasteiger partial charge in [0.15, 0.2) is 0 Å². The molecule has 0 aromatic rings. The number of carbonyl (C=O) groups is 1. The van der Waals surface area contributed by atoms with Crippen molar-refractivity contribution < 1.29 is 28.8 Å². The number of hydrogen-bond donors (Lipinski definition) is 0. The Balaban J connectivity index is 0. The van der Waals surface area contributed by atoms with Gasteiger partial charge in [-0.05, 0) is 32.4 Å². The SMILES string of the molecule is CCCCCCCCCCCCCCCCCCCN(CCCCCCCCCCCCCCCCCCC)C(CCC)CC(=O)[O-].[Li+]. The summed E-state index contributed by atoms with van der Waals surface area (Å²) in [5.41, 5.74) is 0. The maximum absolute atomic E-state index is 11.5. The minimum absolute atomic E-state index is 0. The quantitative estimate of drug-likeness (QED) is 0.0481. The summed E-state index contributed by atoms with van der Waals surface area (Å²) in [5, 5.41) is 11.5. The molecular weight excluding hydrogens is 581 g/mol. The van der Waals surface area contributed by atoms with E-state index in [1.54, 1.807) is 0 Å². The molecule has 0 aliphatic carbocycles. The molecule has 1 unspecified atom stereocenters. The van der Waals surface area contributed by atoms with Crippen LogP contribution in [0.1, 0.15) is 258 Å². The zero-order valence-electron chi connectivity index (χ0n) is 33.9. The van der Waals surface area contributed by atoms with Gasteiger partial charge in [0.05, 0.1) is 0 Å². The normalized spacial score (nSPS) is 12.1. The molecule has 0 heterocycles. The predicted molar refractivity (Wildman–Crippen MR) is 208 cm³/mol. The molecule has 0 radical (unpaired) electrons. The molecule has 0 aromatic carbocycles. The first-order valence-corrected chi connectivity index (χ1v) is 22.1. The van der Waals surface area contributed by atoms with E-state index >= 15 is 0 Å². The Morgan fingerprint density at radius 3 is 0.833 bits per heavy atom. The number of nitrogens with zero attached hydrogens (tertiary/aromatic N) is 1. The first-order valence-electron chi connectivity index (χ1n) is 22.1. The Morgan fingerprint density at radius 2 is 0.625 bits per heavy atom. The van der Waals surface area contributed by atoms with E-state index in [2.05, 4.69) is 25.7 Å². The van der Waals surface area contributed by atoms with Crippen LogP contribution in [0.15, 0.2) is 0 Å². The van der Waals surface area contributed by atoms with Gasteiger partial charge in [-0.1, -0.05) is 233 Å². The molecular formula is C44H88LiNO2. The Morgan fingerprint density at radius 1 is 0.396 bits per heavy atom. The molecule has 4 heteroatoms. The fourth-order valence-corrected chi connectivity index (χ4v) is 7.50. The topological polar surface area (TPSA) is 43.4 Å². The van der Waals surface area contributed by atoms with Crippen molar-refractivity contribution in [1.82, 2.24) is 4.90 Å². The molecule has 0 N–H and O–H groups in total. The van der Waals surface area contributed by atoms with E-state index in [-0.39, 0.29) is 31.3 Å². The fraction of sp³-hybridized carbons (Fsp3) is 0.977. The molecule has 48 heavy (non-hydrogen) atoms. The van der Waals surface area contributed by atoms with E-state index in [1.165, 1.54) is 218 Å². The Hall–Kier alpha value is 0.0274. The van der Waals surface area contributed by atoms with Gasteiger partial charge in [0.2, 0.25) is 0 Å². The molecule has 0 aromatic heterocycles. The summed E-state index contributed by atoms with van der Waals surface area (Å²) >= 11 is 0. The number of unbranched alkanes of at least 4 members (excludes halogenated alkanes) is 32. The summed E-state index contributed by atoms with van der Waals surface area (Å²) in [6.45, 7) is 8.91. The number of hydrogen-bond acceptors (Lipinski definition) is 3. The predicted octanol–water partition coefficient (Wildman–Crippen LogP) is 10.9. The number of rotatable bonds is 41. The zero-order valence-corrected chi connectivity index (χ0v) is 33.9. The summed E-state index contributed by atoms with van der Waals surface area (Å²) in [6.07, 6.45) is 49.8. The number of carboxylic acids is 1. The van der Waals surface area contributed by atoms with Crippen LogP contribution in [0.3, 0.4) is 0 Å². The van der Waals surface area contributed by atoms with Crippen molar-refractivity contribution in [2.24, 2.45) is 0 Å². The Kier molecular flexibility index (Phi) is 45.1. The smallest absolute Gasteiger partial charge is 0.550 e. The van der Waals surface area contributed by atoms with Crippen LogP contribution in [0.4, 0.5) is 0 Å². The van der Waals surface area contributed by atoms with Crippen molar-refractivity contribution in [1.29, 1.82) is 0 Å². The molecule has 0 aliphatic rings. The molecule has 0 rings (SSSR count). The minimum atomic E-state index is -0.877. The summed E-state index contributed by atoms with van der Waals surface area (Å²) in [4.78, 5) is 14.0. The summed E-state index contributed by atoms with van der Waals surface area (Å²) in [5.74, 6) is -0.877. The van der Waals surface area contributed by atoms with Gasteiger partial charge in [0.1, 0.15) is 0 Å². The monoisotopic (exact) mass is 670 g/mol. The van der Waals surface area contributed by atoms with Crippen molar-refractivity contribution in [3.8, 4) is 0 Å². The van der Waals surface area contributed by atoms with Crippen LogP contribution in [-0.4, -0.2) is 30.0 Å². The van der Waals surface area contributed by atoms with Crippen molar-refractivity contribution in [2.75, 3.05) is 13.1 Å². The average Bonchev–Trinajstić information content (AvgIpc) is 3.06. The standard InChI is InChI=1S/C44H89NO2.Li/c1-4-7-9-11-13-15-17-19-21-23-25-27-29-31-33-35-37-40-45(43(39-6-3)42-44(46)47)41-38-36-34-32-30-28-26-24-22-20-18-16-14-12-10-8-5-2;/h43H,4-42H2,1-3H3,(H,46,47);/q;+1/p-1. The van der Waals surface area contributed by atoms with Crippen LogP contribution in [0.2, 0.25) is 0 Å². The third-order valence-electron chi connectivity index (χ3n) is 10.6. The molecule has 3 nitrogen and oxygen atoms in total. The Bertz CT molecular complexity index is 562. The van der Waals surface area contributed by atoms with E-state index in [0.29, 0.717) is 0 Å². The van der Waals surface area contributed by atoms with Gasteiger partial charge in [0, 0.05) is 18.4 Å². The van der Waals surface area contributed by atoms with Gasteiger partial charge in [-0.15, -0.1) is 0 Å². The maximum atomic E-state index is 11.5. The van der Waals surface area contributed by atoms with Gasteiger partial charge >= 0.3 is 18.9 Å².